The Morgan fingerprint density at radius 2 is 2.23 bits per heavy atom. The van der Waals surface area contributed by atoms with E-state index in [0.29, 0.717) is 16.5 Å². The summed E-state index contributed by atoms with van der Waals surface area (Å²) in [5, 5.41) is 12.5. The molecule has 0 radical (unpaired) electrons. The van der Waals surface area contributed by atoms with E-state index >= 15 is 0 Å². The summed E-state index contributed by atoms with van der Waals surface area (Å²) in [5.41, 5.74) is 0.982. The molecule has 1 amide bonds. The van der Waals surface area contributed by atoms with Crippen molar-refractivity contribution < 1.29 is 19.1 Å². The van der Waals surface area contributed by atoms with Gasteiger partial charge in [0.2, 0.25) is 0 Å². The van der Waals surface area contributed by atoms with Gasteiger partial charge in [-0.25, -0.2) is 0 Å². The zero-order valence-corrected chi connectivity index (χ0v) is 13.1. The number of aliphatic hydroxyl groups is 1. The van der Waals surface area contributed by atoms with Gasteiger partial charge in [0.15, 0.2) is 6.10 Å². The first kappa shape index (κ1) is 16.4. The van der Waals surface area contributed by atoms with Crippen LogP contribution in [0.5, 0.6) is 5.75 Å². The van der Waals surface area contributed by atoms with Crippen molar-refractivity contribution in [2.75, 3.05) is 6.61 Å². The quantitative estimate of drug-likeness (QED) is 0.857. The van der Waals surface area contributed by atoms with Gasteiger partial charge < -0.3 is 19.6 Å². The fourth-order valence-electron chi connectivity index (χ4n) is 1.93. The highest BCUT2D eigenvalue weighted by Gasteiger charge is 2.22. The fourth-order valence-corrected chi connectivity index (χ4v) is 2.09. The van der Waals surface area contributed by atoms with Gasteiger partial charge in [0.1, 0.15) is 17.6 Å². The highest BCUT2D eigenvalue weighted by molar-refractivity contribution is 6.32. The Hall–Kier alpha value is -1.98. The van der Waals surface area contributed by atoms with E-state index in [-0.39, 0.29) is 12.5 Å². The van der Waals surface area contributed by atoms with Crippen molar-refractivity contribution in [1.82, 2.24) is 5.32 Å². The van der Waals surface area contributed by atoms with E-state index in [0.717, 1.165) is 5.56 Å². The van der Waals surface area contributed by atoms with Gasteiger partial charge in [-0.05, 0) is 43.7 Å². The van der Waals surface area contributed by atoms with E-state index in [4.69, 9.17) is 20.8 Å². The van der Waals surface area contributed by atoms with Crippen molar-refractivity contribution in [3.8, 4) is 5.75 Å². The molecule has 0 fully saturated rings. The smallest absolute Gasteiger partial charge is 0.261 e. The van der Waals surface area contributed by atoms with E-state index in [9.17, 15) is 9.90 Å². The summed E-state index contributed by atoms with van der Waals surface area (Å²) in [7, 11) is 0. The van der Waals surface area contributed by atoms with Gasteiger partial charge in [-0.2, -0.15) is 0 Å². The highest BCUT2D eigenvalue weighted by Crippen LogP contribution is 2.26. The SMILES string of the molecule is Cc1ccc(Cl)c(OC(C)C(=O)NC(CO)c2ccco2)c1. The van der Waals surface area contributed by atoms with Crippen molar-refractivity contribution >= 4 is 17.5 Å². The molecule has 0 spiro atoms. The summed E-state index contributed by atoms with van der Waals surface area (Å²) in [6.07, 6.45) is 0.722. The minimum absolute atomic E-state index is 0.267. The second-order valence-electron chi connectivity index (χ2n) is 4.95. The predicted molar refractivity (Wildman–Crippen MR) is 83.0 cm³/mol. The minimum atomic E-state index is -0.761. The third-order valence-electron chi connectivity index (χ3n) is 3.15. The third-order valence-corrected chi connectivity index (χ3v) is 3.46. The molecule has 2 atom stereocenters. The normalized spacial score (nSPS) is 13.5. The molecule has 118 valence electrons. The molecule has 0 aliphatic rings. The van der Waals surface area contributed by atoms with Crippen LogP contribution < -0.4 is 10.1 Å². The molecule has 2 rings (SSSR count). The molecule has 2 aromatic rings. The number of hydrogen-bond donors (Lipinski definition) is 2. The number of carbonyl (C=O) groups is 1. The van der Waals surface area contributed by atoms with E-state index in [1.165, 1.54) is 6.26 Å². The Bertz CT molecular complexity index is 627. The van der Waals surface area contributed by atoms with Gasteiger partial charge in [0, 0.05) is 0 Å². The number of carbonyl (C=O) groups excluding carboxylic acids is 1. The number of aryl methyl sites for hydroxylation is 1. The second kappa shape index (κ2) is 7.33. The highest BCUT2D eigenvalue weighted by atomic mass is 35.5. The standard InChI is InChI=1S/C16H18ClNO4/c1-10-5-6-12(17)15(8-10)22-11(2)16(20)18-13(9-19)14-4-3-7-21-14/h3-8,11,13,19H,9H2,1-2H3,(H,18,20). The molecule has 1 aromatic carbocycles. The molecule has 0 aliphatic heterocycles. The van der Waals surface area contributed by atoms with E-state index in [1.54, 1.807) is 31.2 Å². The van der Waals surface area contributed by atoms with Crippen LogP contribution in [-0.4, -0.2) is 23.7 Å². The Morgan fingerprint density at radius 3 is 2.86 bits per heavy atom. The Morgan fingerprint density at radius 1 is 1.45 bits per heavy atom. The van der Waals surface area contributed by atoms with Gasteiger partial charge in [0.25, 0.3) is 5.91 Å². The van der Waals surface area contributed by atoms with Crippen LogP contribution >= 0.6 is 11.6 Å². The zero-order valence-electron chi connectivity index (χ0n) is 12.4. The van der Waals surface area contributed by atoms with Crippen LogP contribution in [0.3, 0.4) is 0 Å². The average Bonchev–Trinajstić information content (AvgIpc) is 3.02. The van der Waals surface area contributed by atoms with E-state index < -0.39 is 12.1 Å². The van der Waals surface area contributed by atoms with Crippen molar-refractivity contribution in [2.24, 2.45) is 0 Å². The molecule has 2 N–H and O–H groups in total. The van der Waals surface area contributed by atoms with Crippen molar-refractivity contribution in [3.63, 3.8) is 0 Å². The summed E-state index contributed by atoms with van der Waals surface area (Å²) >= 11 is 6.05. The van der Waals surface area contributed by atoms with Crippen molar-refractivity contribution in [1.29, 1.82) is 0 Å². The molecule has 1 aromatic heterocycles. The molecule has 0 aliphatic carbocycles. The summed E-state index contributed by atoms with van der Waals surface area (Å²) in [4.78, 5) is 12.2. The lowest BCUT2D eigenvalue weighted by Gasteiger charge is -2.19. The molecular weight excluding hydrogens is 306 g/mol. The summed E-state index contributed by atoms with van der Waals surface area (Å²) in [5.74, 6) is 0.563. The van der Waals surface area contributed by atoms with Crippen LogP contribution in [0.1, 0.15) is 24.3 Å². The van der Waals surface area contributed by atoms with Gasteiger partial charge >= 0.3 is 0 Å². The molecule has 0 saturated heterocycles. The minimum Gasteiger partial charge on any atom is -0.479 e. The first-order chi connectivity index (χ1) is 10.5. The largest absolute Gasteiger partial charge is 0.479 e. The zero-order chi connectivity index (χ0) is 16.1. The summed E-state index contributed by atoms with van der Waals surface area (Å²) in [6.45, 7) is 3.26. The van der Waals surface area contributed by atoms with Gasteiger partial charge in [-0.3, -0.25) is 4.79 Å². The molecule has 0 bridgehead atoms. The van der Waals surface area contributed by atoms with Crippen LogP contribution in [0.4, 0.5) is 0 Å². The Balaban J connectivity index is 2.01. The van der Waals surface area contributed by atoms with Gasteiger partial charge in [0.05, 0.1) is 17.9 Å². The first-order valence-corrected chi connectivity index (χ1v) is 7.26. The topological polar surface area (TPSA) is 71.7 Å². The lowest BCUT2D eigenvalue weighted by molar-refractivity contribution is -0.128. The Labute approximate surface area is 133 Å². The lowest BCUT2D eigenvalue weighted by Crippen LogP contribution is -2.39. The number of ether oxygens (including phenoxy) is 1. The average molecular weight is 324 g/mol. The number of benzene rings is 1. The number of halogens is 1. The maximum Gasteiger partial charge on any atom is 0.261 e. The molecule has 1 heterocycles. The second-order valence-corrected chi connectivity index (χ2v) is 5.36. The number of hydrogen-bond acceptors (Lipinski definition) is 4. The number of rotatable bonds is 6. The summed E-state index contributed by atoms with van der Waals surface area (Å²) in [6, 6.07) is 8.11. The number of furan rings is 1. The molecular formula is C16H18ClNO4. The maximum atomic E-state index is 12.2. The molecule has 0 saturated carbocycles. The molecule has 2 unspecified atom stereocenters. The van der Waals surface area contributed by atoms with Crippen molar-refractivity contribution in [2.45, 2.75) is 26.0 Å². The molecule has 6 heteroatoms. The van der Waals surface area contributed by atoms with Crippen LogP contribution in [0.2, 0.25) is 5.02 Å². The summed E-state index contributed by atoms with van der Waals surface area (Å²) < 4.78 is 10.8. The number of aliphatic hydroxyl groups excluding tert-OH is 1. The lowest BCUT2D eigenvalue weighted by atomic mass is 10.2. The van der Waals surface area contributed by atoms with Gasteiger partial charge in [-0.15, -0.1) is 0 Å². The molecule has 5 nitrogen and oxygen atoms in total. The van der Waals surface area contributed by atoms with Gasteiger partial charge in [-0.1, -0.05) is 17.7 Å². The first-order valence-electron chi connectivity index (χ1n) is 6.88. The fraction of sp³-hybridized carbons (Fsp3) is 0.312. The predicted octanol–water partition coefficient (Wildman–Crippen LogP) is 2.86. The Kier molecular flexibility index (Phi) is 5.46. The third kappa shape index (κ3) is 4.02. The monoisotopic (exact) mass is 323 g/mol. The van der Waals surface area contributed by atoms with Crippen molar-refractivity contribution in [3.05, 3.63) is 52.9 Å². The van der Waals surface area contributed by atoms with Crippen LogP contribution in [0.15, 0.2) is 41.0 Å². The maximum absolute atomic E-state index is 12.2. The van der Waals surface area contributed by atoms with Crippen LogP contribution in [-0.2, 0) is 4.79 Å². The number of nitrogens with one attached hydrogen (secondary N) is 1. The molecule has 22 heavy (non-hydrogen) atoms. The number of amides is 1. The van der Waals surface area contributed by atoms with Crippen LogP contribution in [0, 0.1) is 6.92 Å². The van der Waals surface area contributed by atoms with E-state index in [2.05, 4.69) is 5.32 Å². The van der Waals surface area contributed by atoms with Crippen LogP contribution in [0.25, 0.3) is 0 Å². The van der Waals surface area contributed by atoms with E-state index in [1.807, 2.05) is 13.0 Å².